The first kappa shape index (κ1) is 17.2. The summed E-state index contributed by atoms with van der Waals surface area (Å²) in [4.78, 5) is 25.4. The normalized spacial score (nSPS) is 15.3. The van der Waals surface area contributed by atoms with Crippen LogP contribution >= 0.6 is 0 Å². The number of likely N-dealkylation sites (tertiary alicyclic amines) is 1. The smallest absolute Gasteiger partial charge is 0.409 e. The third-order valence-electron chi connectivity index (χ3n) is 3.99. The Morgan fingerprint density at radius 1 is 1.35 bits per heavy atom. The zero-order chi connectivity index (χ0) is 16.7. The summed E-state index contributed by atoms with van der Waals surface area (Å²) in [6.45, 7) is 3.71. The molecule has 1 aliphatic heterocycles. The number of halogens is 1. The molecule has 0 aromatic heterocycles. The number of nitrogens with zero attached hydrogens (tertiary/aromatic N) is 1. The molecule has 1 fully saturated rings. The maximum atomic E-state index is 13.1. The molecule has 0 unspecified atom stereocenters. The van der Waals surface area contributed by atoms with Gasteiger partial charge in [0.05, 0.1) is 6.61 Å². The van der Waals surface area contributed by atoms with Crippen LogP contribution in [0.5, 0.6) is 0 Å². The van der Waals surface area contributed by atoms with Crippen LogP contribution in [0.4, 0.5) is 9.18 Å². The van der Waals surface area contributed by atoms with Crippen molar-refractivity contribution >= 4 is 12.0 Å². The van der Waals surface area contributed by atoms with E-state index in [1.54, 1.807) is 17.9 Å². The van der Waals surface area contributed by atoms with Gasteiger partial charge in [0.15, 0.2) is 0 Å². The molecule has 2 rings (SSSR count). The summed E-state index contributed by atoms with van der Waals surface area (Å²) in [5, 5.41) is 2.89. The molecule has 1 aromatic carbocycles. The number of benzene rings is 1. The Labute approximate surface area is 135 Å². The van der Waals surface area contributed by atoms with E-state index in [1.807, 2.05) is 6.07 Å². The van der Waals surface area contributed by atoms with Crippen LogP contribution in [-0.2, 0) is 16.0 Å². The molecule has 1 N–H and O–H groups in total. The molecular weight excluding hydrogens is 299 g/mol. The predicted octanol–water partition coefficient (Wildman–Crippen LogP) is 2.35. The fourth-order valence-corrected chi connectivity index (χ4v) is 2.71. The fourth-order valence-electron chi connectivity index (χ4n) is 2.71. The Balaban J connectivity index is 1.70. The summed E-state index contributed by atoms with van der Waals surface area (Å²) in [6, 6.07) is 6.38. The third-order valence-corrected chi connectivity index (χ3v) is 3.99. The Hall–Kier alpha value is -2.11. The Kier molecular flexibility index (Phi) is 6.38. The van der Waals surface area contributed by atoms with Gasteiger partial charge in [0.2, 0.25) is 5.91 Å². The van der Waals surface area contributed by atoms with Crippen LogP contribution in [-0.4, -0.2) is 43.1 Å². The quantitative estimate of drug-likeness (QED) is 0.905. The van der Waals surface area contributed by atoms with Crippen molar-refractivity contribution in [3.8, 4) is 0 Å². The van der Waals surface area contributed by atoms with Gasteiger partial charge in [-0.1, -0.05) is 12.1 Å². The molecule has 1 heterocycles. The lowest BCUT2D eigenvalue weighted by Gasteiger charge is -2.30. The second-order valence-electron chi connectivity index (χ2n) is 5.63. The summed E-state index contributed by atoms with van der Waals surface area (Å²) in [7, 11) is 0. The van der Waals surface area contributed by atoms with Crippen LogP contribution < -0.4 is 5.32 Å². The Bertz CT molecular complexity index is 542. The maximum absolute atomic E-state index is 13.1. The van der Waals surface area contributed by atoms with Gasteiger partial charge in [0.25, 0.3) is 0 Å². The van der Waals surface area contributed by atoms with Crippen LogP contribution in [0.15, 0.2) is 24.3 Å². The molecule has 2 amide bonds. The van der Waals surface area contributed by atoms with Crippen molar-refractivity contribution in [1.29, 1.82) is 0 Å². The van der Waals surface area contributed by atoms with Crippen molar-refractivity contribution in [2.24, 2.45) is 5.92 Å². The highest BCUT2D eigenvalue weighted by Crippen LogP contribution is 2.18. The summed E-state index contributed by atoms with van der Waals surface area (Å²) in [5.41, 5.74) is 0.863. The largest absolute Gasteiger partial charge is 0.450 e. The predicted molar refractivity (Wildman–Crippen MR) is 84.4 cm³/mol. The van der Waals surface area contributed by atoms with E-state index in [9.17, 15) is 14.0 Å². The van der Waals surface area contributed by atoms with Crippen LogP contribution in [0.2, 0.25) is 0 Å². The molecule has 0 spiro atoms. The van der Waals surface area contributed by atoms with Gasteiger partial charge in [0.1, 0.15) is 5.82 Å². The van der Waals surface area contributed by atoms with Crippen LogP contribution in [0, 0.1) is 11.7 Å². The van der Waals surface area contributed by atoms with E-state index in [-0.39, 0.29) is 23.7 Å². The van der Waals surface area contributed by atoms with Crippen molar-refractivity contribution in [1.82, 2.24) is 10.2 Å². The molecule has 1 aromatic rings. The van der Waals surface area contributed by atoms with Crippen LogP contribution in [0.1, 0.15) is 25.3 Å². The summed E-state index contributed by atoms with van der Waals surface area (Å²) < 4.78 is 18.0. The molecule has 1 aliphatic rings. The molecule has 0 bridgehead atoms. The highest BCUT2D eigenvalue weighted by atomic mass is 19.1. The zero-order valence-electron chi connectivity index (χ0n) is 13.4. The molecule has 23 heavy (non-hydrogen) atoms. The molecule has 0 aliphatic carbocycles. The molecular formula is C17H23FN2O3. The number of hydrogen-bond acceptors (Lipinski definition) is 3. The monoisotopic (exact) mass is 322 g/mol. The number of nitrogens with one attached hydrogen (secondary N) is 1. The van der Waals surface area contributed by atoms with E-state index in [0.29, 0.717) is 45.5 Å². The molecule has 0 atom stereocenters. The van der Waals surface area contributed by atoms with Crippen molar-refractivity contribution in [3.63, 3.8) is 0 Å². The van der Waals surface area contributed by atoms with Crippen molar-refractivity contribution in [3.05, 3.63) is 35.6 Å². The van der Waals surface area contributed by atoms with Gasteiger partial charge in [-0.05, 0) is 43.9 Å². The first-order chi connectivity index (χ1) is 11.1. The van der Waals surface area contributed by atoms with Gasteiger partial charge in [-0.2, -0.15) is 0 Å². The first-order valence-corrected chi connectivity index (χ1v) is 8.04. The van der Waals surface area contributed by atoms with E-state index in [2.05, 4.69) is 5.32 Å². The maximum Gasteiger partial charge on any atom is 0.409 e. The average molecular weight is 322 g/mol. The van der Waals surface area contributed by atoms with E-state index in [4.69, 9.17) is 4.74 Å². The number of hydrogen-bond donors (Lipinski definition) is 1. The minimum Gasteiger partial charge on any atom is -0.450 e. The van der Waals surface area contributed by atoms with E-state index < -0.39 is 0 Å². The lowest BCUT2D eigenvalue weighted by molar-refractivity contribution is -0.126. The van der Waals surface area contributed by atoms with Gasteiger partial charge in [0, 0.05) is 25.6 Å². The van der Waals surface area contributed by atoms with Gasteiger partial charge >= 0.3 is 6.09 Å². The number of rotatable bonds is 5. The van der Waals surface area contributed by atoms with Gasteiger partial charge < -0.3 is 15.0 Å². The number of carbonyl (C=O) groups is 2. The number of ether oxygens (including phenoxy) is 1. The van der Waals surface area contributed by atoms with Gasteiger partial charge in [-0.25, -0.2) is 9.18 Å². The molecule has 1 saturated heterocycles. The van der Waals surface area contributed by atoms with Gasteiger partial charge in [-0.15, -0.1) is 0 Å². The van der Waals surface area contributed by atoms with E-state index in [1.165, 1.54) is 12.1 Å². The molecule has 126 valence electrons. The van der Waals surface area contributed by atoms with Crippen LogP contribution in [0.25, 0.3) is 0 Å². The molecule has 0 saturated carbocycles. The lowest BCUT2D eigenvalue weighted by Crippen LogP contribution is -2.43. The summed E-state index contributed by atoms with van der Waals surface area (Å²) in [6.07, 6.45) is 1.58. The fraction of sp³-hybridized carbons (Fsp3) is 0.529. The number of piperidine rings is 1. The minimum atomic E-state index is -0.308. The number of carbonyl (C=O) groups excluding carboxylic acids is 2. The second kappa shape index (κ2) is 8.50. The van der Waals surface area contributed by atoms with Gasteiger partial charge in [-0.3, -0.25) is 4.79 Å². The zero-order valence-corrected chi connectivity index (χ0v) is 13.4. The summed E-state index contributed by atoms with van der Waals surface area (Å²) >= 11 is 0. The topological polar surface area (TPSA) is 58.6 Å². The highest BCUT2D eigenvalue weighted by molar-refractivity contribution is 5.79. The third kappa shape index (κ3) is 5.23. The molecule has 5 nitrogen and oxygen atoms in total. The van der Waals surface area contributed by atoms with Crippen molar-refractivity contribution in [2.75, 3.05) is 26.2 Å². The molecule has 6 heteroatoms. The minimum absolute atomic E-state index is 0.00455. The van der Waals surface area contributed by atoms with Crippen molar-refractivity contribution < 1.29 is 18.7 Å². The lowest BCUT2D eigenvalue weighted by atomic mass is 9.96. The Morgan fingerprint density at radius 2 is 2.09 bits per heavy atom. The van der Waals surface area contributed by atoms with E-state index >= 15 is 0 Å². The Morgan fingerprint density at radius 3 is 2.74 bits per heavy atom. The van der Waals surface area contributed by atoms with Crippen LogP contribution in [0.3, 0.4) is 0 Å². The van der Waals surface area contributed by atoms with E-state index in [0.717, 1.165) is 5.56 Å². The van der Waals surface area contributed by atoms with Crippen molar-refractivity contribution in [2.45, 2.75) is 26.2 Å². The second-order valence-corrected chi connectivity index (χ2v) is 5.63. The molecule has 0 radical (unpaired) electrons. The highest BCUT2D eigenvalue weighted by Gasteiger charge is 2.27. The summed E-state index contributed by atoms with van der Waals surface area (Å²) in [5.74, 6) is -0.335. The number of amides is 2. The SMILES string of the molecule is CCOC(=O)N1CCC(C(=O)NCCc2cccc(F)c2)CC1. The standard InChI is InChI=1S/C17H23FN2O3/c1-2-23-17(22)20-10-7-14(8-11-20)16(21)19-9-6-13-4-3-5-15(18)12-13/h3-5,12,14H,2,6-11H2,1H3,(H,19,21). The first-order valence-electron chi connectivity index (χ1n) is 8.04. The average Bonchev–Trinajstić information content (AvgIpc) is 2.55.